The van der Waals surface area contributed by atoms with Gasteiger partial charge in [-0.2, -0.15) is 0 Å². The molecule has 2 saturated heterocycles. The average molecular weight is 282 g/mol. The van der Waals surface area contributed by atoms with Crippen LogP contribution in [-0.4, -0.2) is 58.5 Å². The topological polar surface area (TPSA) is 78.7 Å². The van der Waals surface area contributed by atoms with Crippen molar-refractivity contribution in [3.05, 3.63) is 0 Å². The minimum atomic E-state index is -0.701. The van der Waals surface area contributed by atoms with E-state index in [2.05, 4.69) is 24.1 Å². The van der Waals surface area contributed by atoms with Gasteiger partial charge < -0.3 is 16.0 Å². The predicted octanol–water partition coefficient (Wildman–Crippen LogP) is 0.519. The van der Waals surface area contributed by atoms with E-state index in [4.69, 9.17) is 5.73 Å². The zero-order valence-corrected chi connectivity index (χ0v) is 12.9. The Kier molecular flexibility index (Phi) is 3.81. The van der Waals surface area contributed by atoms with E-state index in [0.717, 1.165) is 13.1 Å². The van der Waals surface area contributed by atoms with Crippen molar-refractivity contribution in [1.82, 2.24) is 15.1 Å². The molecule has 0 atom stereocenters. The second-order valence-corrected chi connectivity index (χ2v) is 7.02. The predicted molar refractivity (Wildman–Crippen MR) is 77.2 cm³/mol. The highest BCUT2D eigenvalue weighted by atomic mass is 16.2. The van der Waals surface area contributed by atoms with Gasteiger partial charge in [-0.05, 0) is 40.5 Å². The number of nitrogens with one attached hydrogen (secondary N) is 1. The van der Waals surface area contributed by atoms with Crippen LogP contribution in [0.15, 0.2) is 0 Å². The Morgan fingerprint density at radius 1 is 1.30 bits per heavy atom. The Balaban J connectivity index is 2.09. The van der Waals surface area contributed by atoms with Gasteiger partial charge in [0.05, 0.1) is 0 Å². The van der Waals surface area contributed by atoms with Crippen LogP contribution in [0, 0.1) is 0 Å². The molecule has 0 unspecified atom stereocenters. The number of likely N-dealkylation sites (tertiary alicyclic amines) is 1. The van der Waals surface area contributed by atoms with Crippen LogP contribution in [0.5, 0.6) is 0 Å². The zero-order valence-electron chi connectivity index (χ0n) is 12.9. The highest BCUT2D eigenvalue weighted by Crippen LogP contribution is 2.30. The van der Waals surface area contributed by atoms with E-state index in [1.165, 1.54) is 4.90 Å². The molecule has 114 valence electrons. The molecular formula is C14H26N4O2. The van der Waals surface area contributed by atoms with Crippen LogP contribution in [0.3, 0.4) is 0 Å². The number of nitrogens with two attached hydrogens (primary N) is 1. The summed E-state index contributed by atoms with van der Waals surface area (Å²) in [4.78, 5) is 28.3. The van der Waals surface area contributed by atoms with E-state index in [1.807, 2.05) is 13.8 Å². The Hall–Kier alpha value is -1.14. The standard InChI is InChI=1S/C14H26N4O2/c1-10(2)17-7-5-14(6-8-17)11(19)18(12(20)16-14)9-13(3,4)15/h10H,5-9,15H2,1-4H3,(H,16,20). The Bertz CT molecular complexity index is 406. The maximum Gasteiger partial charge on any atom is 0.325 e. The molecule has 0 aliphatic carbocycles. The first-order valence-electron chi connectivity index (χ1n) is 7.32. The van der Waals surface area contributed by atoms with E-state index < -0.39 is 11.1 Å². The summed E-state index contributed by atoms with van der Waals surface area (Å²) < 4.78 is 0. The normalized spacial score (nSPS) is 23.8. The highest BCUT2D eigenvalue weighted by Gasteiger charge is 2.52. The molecule has 0 saturated carbocycles. The lowest BCUT2D eigenvalue weighted by molar-refractivity contribution is -0.133. The molecule has 0 bridgehead atoms. The van der Waals surface area contributed by atoms with E-state index in [-0.39, 0.29) is 18.5 Å². The van der Waals surface area contributed by atoms with Crippen LogP contribution >= 0.6 is 0 Å². The molecule has 2 rings (SSSR count). The van der Waals surface area contributed by atoms with Gasteiger partial charge >= 0.3 is 6.03 Å². The van der Waals surface area contributed by atoms with Crippen molar-refractivity contribution < 1.29 is 9.59 Å². The monoisotopic (exact) mass is 282 g/mol. The largest absolute Gasteiger partial charge is 0.325 e. The summed E-state index contributed by atoms with van der Waals surface area (Å²) in [5, 5.41) is 2.91. The van der Waals surface area contributed by atoms with Crippen molar-refractivity contribution in [2.45, 2.75) is 57.7 Å². The summed E-state index contributed by atoms with van der Waals surface area (Å²) in [6.45, 7) is 9.87. The number of carbonyl (C=O) groups is 2. The molecule has 2 heterocycles. The second-order valence-electron chi connectivity index (χ2n) is 7.02. The smallest absolute Gasteiger partial charge is 0.324 e. The van der Waals surface area contributed by atoms with E-state index in [9.17, 15) is 9.59 Å². The molecule has 0 aromatic heterocycles. The van der Waals surface area contributed by atoms with Crippen LogP contribution < -0.4 is 11.1 Å². The van der Waals surface area contributed by atoms with Gasteiger partial charge in [-0.3, -0.25) is 9.69 Å². The maximum atomic E-state index is 12.6. The number of hydrogen-bond donors (Lipinski definition) is 2. The third-order valence-electron chi connectivity index (χ3n) is 4.19. The summed E-state index contributed by atoms with van der Waals surface area (Å²) in [5.41, 5.74) is 4.66. The first-order valence-corrected chi connectivity index (χ1v) is 7.32. The van der Waals surface area contributed by atoms with Crippen molar-refractivity contribution in [3.63, 3.8) is 0 Å². The Morgan fingerprint density at radius 2 is 1.85 bits per heavy atom. The van der Waals surface area contributed by atoms with E-state index >= 15 is 0 Å². The van der Waals surface area contributed by atoms with Crippen LogP contribution in [0.4, 0.5) is 4.79 Å². The lowest BCUT2D eigenvalue weighted by atomic mass is 9.87. The number of urea groups is 1. The van der Waals surface area contributed by atoms with Gasteiger partial charge in [0, 0.05) is 31.2 Å². The van der Waals surface area contributed by atoms with Gasteiger partial charge in [0.2, 0.25) is 0 Å². The van der Waals surface area contributed by atoms with Gasteiger partial charge in [-0.15, -0.1) is 0 Å². The molecule has 0 radical (unpaired) electrons. The van der Waals surface area contributed by atoms with Crippen molar-refractivity contribution >= 4 is 11.9 Å². The minimum absolute atomic E-state index is 0.107. The molecule has 0 aromatic rings. The molecular weight excluding hydrogens is 256 g/mol. The number of imide groups is 1. The highest BCUT2D eigenvalue weighted by molar-refractivity contribution is 6.07. The molecule has 0 aromatic carbocycles. The van der Waals surface area contributed by atoms with Crippen molar-refractivity contribution in [2.24, 2.45) is 5.73 Å². The summed E-state index contributed by atoms with van der Waals surface area (Å²) in [6, 6.07) is 0.171. The quantitative estimate of drug-likeness (QED) is 0.740. The zero-order chi connectivity index (χ0) is 15.1. The number of rotatable bonds is 3. The molecule has 20 heavy (non-hydrogen) atoms. The van der Waals surface area contributed by atoms with Gasteiger partial charge in [0.1, 0.15) is 5.54 Å². The third kappa shape index (κ3) is 2.81. The van der Waals surface area contributed by atoms with Gasteiger partial charge in [0.25, 0.3) is 5.91 Å². The van der Waals surface area contributed by atoms with Gasteiger partial charge in [-0.25, -0.2) is 4.79 Å². The molecule has 3 amide bonds. The molecule has 1 spiro atoms. The number of nitrogens with zero attached hydrogens (tertiary/aromatic N) is 2. The fourth-order valence-electron chi connectivity index (χ4n) is 2.99. The van der Waals surface area contributed by atoms with Gasteiger partial charge in [0.15, 0.2) is 0 Å². The minimum Gasteiger partial charge on any atom is -0.324 e. The molecule has 6 nitrogen and oxygen atoms in total. The number of hydrogen-bond acceptors (Lipinski definition) is 4. The van der Waals surface area contributed by atoms with Crippen LogP contribution in [-0.2, 0) is 4.79 Å². The molecule has 2 aliphatic rings. The van der Waals surface area contributed by atoms with Crippen LogP contribution in [0.25, 0.3) is 0 Å². The summed E-state index contributed by atoms with van der Waals surface area (Å²) in [5.74, 6) is -0.107. The van der Waals surface area contributed by atoms with E-state index in [0.29, 0.717) is 18.9 Å². The first kappa shape index (κ1) is 15.3. The number of piperidine rings is 1. The van der Waals surface area contributed by atoms with Crippen LogP contribution in [0.2, 0.25) is 0 Å². The Labute approximate surface area is 120 Å². The molecule has 2 fully saturated rings. The third-order valence-corrected chi connectivity index (χ3v) is 4.19. The molecule has 2 aliphatic heterocycles. The lowest BCUT2D eigenvalue weighted by Gasteiger charge is -2.39. The van der Waals surface area contributed by atoms with Crippen LogP contribution in [0.1, 0.15) is 40.5 Å². The molecule has 6 heteroatoms. The molecule has 3 N–H and O–H groups in total. The van der Waals surface area contributed by atoms with Crippen molar-refractivity contribution in [3.8, 4) is 0 Å². The first-order chi connectivity index (χ1) is 9.15. The fraction of sp³-hybridized carbons (Fsp3) is 0.857. The number of amides is 3. The van der Waals surface area contributed by atoms with Crippen molar-refractivity contribution in [2.75, 3.05) is 19.6 Å². The average Bonchev–Trinajstić information content (AvgIpc) is 2.53. The van der Waals surface area contributed by atoms with Crippen molar-refractivity contribution in [1.29, 1.82) is 0 Å². The summed E-state index contributed by atoms with van der Waals surface area (Å²) in [7, 11) is 0. The number of carbonyl (C=O) groups excluding carboxylic acids is 2. The fourth-order valence-corrected chi connectivity index (χ4v) is 2.99. The lowest BCUT2D eigenvalue weighted by Crippen LogP contribution is -2.56. The Morgan fingerprint density at radius 3 is 2.30 bits per heavy atom. The SMILES string of the molecule is CC(C)N1CCC2(CC1)NC(=O)N(CC(C)(C)N)C2=O. The second kappa shape index (κ2) is 5.00. The summed E-state index contributed by atoms with van der Waals surface area (Å²) >= 11 is 0. The van der Waals surface area contributed by atoms with E-state index in [1.54, 1.807) is 0 Å². The van der Waals surface area contributed by atoms with Gasteiger partial charge in [-0.1, -0.05) is 0 Å². The summed E-state index contributed by atoms with van der Waals surface area (Å²) in [6.07, 6.45) is 1.36. The maximum absolute atomic E-state index is 12.6.